The molecule has 0 unspecified atom stereocenters. The smallest absolute Gasteiger partial charge is 0.312 e. The molecule has 3 heterocycles. The Morgan fingerprint density at radius 2 is 2.00 bits per heavy atom. The number of carbonyl (C=O) groups is 3. The monoisotopic (exact) mass is 476 g/mol. The standard InChI is InChI=1S/C26H40N2O6/c1-3-15-27(18-11-7-5-8-12-18)24(31)22-26-14-13-19(34-26)20(25(32)33-4-2)21(26)23(30)28(22)16-9-6-10-17-29/h3,18-22,29H,1,4-17H2,2H3/t19-,20+,21+,22-,26+/m1/s1. The molecule has 8 heteroatoms. The first-order valence-corrected chi connectivity index (χ1v) is 13.2. The number of carbonyl (C=O) groups excluding carboxylic acids is 3. The molecule has 5 atom stereocenters. The van der Waals surface area contributed by atoms with E-state index in [9.17, 15) is 14.4 Å². The Labute approximate surface area is 202 Å². The van der Waals surface area contributed by atoms with Crippen LogP contribution in [0, 0.1) is 11.8 Å². The van der Waals surface area contributed by atoms with Crippen molar-refractivity contribution in [2.45, 2.75) is 94.9 Å². The normalized spacial score (nSPS) is 32.6. The van der Waals surface area contributed by atoms with Crippen LogP contribution in [-0.2, 0) is 23.9 Å². The maximum Gasteiger partial charge on any atom is 0.312 e. The highest BCUT2D eigenvalue weighted by Gasteiger charge is 2.75. The molecular formula is C26H40N2O6. The zero-order valence-electron chi connectivity index (χ0n) is 20.5. The minimum Gasteiger partial charge on any atom is -0.466 e. The zero-order chi connectivity index (χ0) is 24.3. The summed E-state index contributed by atoms with van der Waals surface area (Å²) in [7, 11) is 0. The van der Waals surface area contributed by atoms with Crippen molar-refractivity contribution in [3.63, 3.8) is 0 Å². The molecule has 190 valence electrons. The minimum absolute atomic E-state index is 0.0741. The Hall–Kier alpha value is -1.93. The molecule has 0 aromatic carbocycles. The average molecular weight is 477 g/mol. The minimum atomic E-state index is -0.971. The van der Waals surface area contributed by atoms with Crippen molar-refractivity contribution in [2.24, 2.45) is 11.8 Å². The fourth-order valence-electron chi connectivity index (χ4n) is 6.86. The van der Waals surface area contributed by atoms with Gasteiger partial charge in [-0.2, -0.15) is 0 Å². The van der Waals surface area contributed by atoms with Crippen LogP contribution in [0.15, 0.2) is 12.7 Å². The average Bonchev–Trinajstić information content (AvgIpc) is 3.48. The molecule has 2 bridgehead atoms. The van der Waals surface area contributed by atoms with E-state index < -0.39 is 29.4 Å². The van der Waals surface area contributed by atoms with Crippen molar-refractivity contribution in [2.75, 3.05) is 26.3 Å². The number of ether oxygens (including phenoxy) is 2. The lowest BCUT2D eigenvalue weighted by molar-refractivity contribution is -0.155. The highest BCUT2D eigenvalue weighted by Crippen LogP contribution is 2.59. The second-order valence-corrected chi connectivity index (χ2v) is 10.2. The summed E-state index contributed by atoms with van der Waals surface area (Å²) >= 11 is 0. The van der Waals surface area contributed by atoms with Gasteiger partial charge in [0.2, 0.25) is 11.8 Å². The van der Waals surface area contributed by atoms with Gasteiger partial charge in [-0.1, -0.05) is 25.3 Å². The van der Waals surface area contributed by atoms with Gasteiger partial charge in [-0.15, -0.1) is 6.58 Å². The van der Waals surface area contributed by atoms with Gasteiger partial charge in [-0.3, -0.25) is 14.4 Å². The van der Waals surface area contributed by atoms with Gasteiger partial charge in [-0.25, -0.2) is 0 Å². The molecule has 4 aliphatic rings. The second-order valence-electron chi connectivity index (χ2n) is 10.2. The molecule has 0 aromatic rings. The Kier molecular flexibility index (Phi) is 7.97. The van der Waals surface area contributed by atoms with Crippen LogP contribution < -0.4 is 0 Å². The summed E-state index contributed by atoms with van der Waals surface area (Å²) in [6, 6.07) is -0.592. The third-order valence-electron chi connectivity index (χ3n) is 8.27. The van der Waals surface area contributed by atoms with Crippen LogP contribution in [-0.4, -0.2) is 82.8 Å². The van der Waals surface area contributed by atoms with Crippen LogP contribution >= 0.6 is 0 Å². The fourth-order valence-corrected chi connectivity index (χ4v) is 6.86. The summed E-state index contributed by atoms with van der Waals surface area (Å²) < 4.78 is 11.8. The topological polar surface area (TPSA) is 96.4 Å². The molecule has 1 N–H and O–H groups in total. The first kappa shape index (κ1) is 25.2. The molecule has 8 nitrogen and oxygen atoms in total. The van der Waals surface area contributed by atoms with Gasteiger partial charge in [0.1, 0.15) is 11.6 Å². The number of aliphatic hydroxyl groups is 1. The van der Waals surface area contributed by atoms with Crippen molar-refractivity contribution in [3.05, 3.63) is 12.7 Å². The number of nitrogens with zero attached hydrogens (tertiary/aromatic N) is 2. The molecule has 3 saturated heterocycles. The molecule has 1 spiro atoms. The van der Waals surface area contributed by atoms with Crippen LogP contribution in [0.2, 0.25) is 0 Å². The van der Waals surface area contributed by atoms with Crippen LogP contribution in [0.5, 0.6) is 0 Å². The van der Waals surface area contributed by atoms with Crippen molar-refractivity contribution >= 4 is 17.8 Å². The molecule has 0 radical (unpaired) electrons. The van der Waals surface area contributed by atoms with Gasteiger partial charge < -0.3 is 24.4 Å². The number of esters is 1. The van der Waals surface area contributed by atoms with E-state index in [0.29, 0.717) is 38.8 Å². The first-order valence-electron chi connectivity index (χ1n) is 13.2. The quantitative estimate of drug-likeness (QED) is 0.280. The maximum atomic E-state index is 14.3. The molecule has 0 aromatic heterocycles. The van der Waals surface area contributed by atoms with E-state index >= 15 is 0 Å². The van der Waals surface area contributed by atoms with Crippen molar-refractivity contribution in [3.8, 4) is 0 Å². The summed E-state index contributed by atoms with van der Waals surface area (Å²) in [5, 5.41) is 9.17. The number of hydrogen-bond acceptors (Lipinski definition) is 6. The Morgan fingerprint density at radius 1 is 1.24 bits per heavy atom. The van der Waals surface area contributed by atoms with Crippen LogP contribution in [0.25, 0.3) is 0 Å². The Balaban J connectivity index is 1.66. The Morgan fingerprint density at radius 3 is 2.68 bits per heavy atom. The molecular weight excluding hydrogens is 436 g/mol. The van der Waals surface area contributed by atoms with E-state index in [1.807, 2.05) is 4.90 Å². The van der Waals surface area contributed by atoms with Crippen molar-refractivity contribution in [1.29, 1.82) is 0 Å². The summed E-state index contributed by atoms with van der Waals surface area (Å²) in [6.45, 7) is 6.86. The predicted molar refractivity (Wildman–Crippen MR) is 126 cm³/mol. The summed E-state index contributed by atoms with van der Waals surface area (Å²) in [5.74, 6) is -1.95. The van der Waals surface area contributed by atoms with Crippen molar-refractivity contribution in [1.82, 2.24) is 9.80 Å². The molecule has 34 heavy (non-hydrogen) atoms. The van der Waals surface area contributed by atoms with Gasteiger partial charge in [0.15, 0.2) is 0 Å². The van der Waals surface area contributed by atoms with Gasteiger partial charge in [0, 0.05) is 25.7 Å². The van der Waals surface area contributed by atoms with E-state index in [0.717, 1.165) is 32.1 Å². The molecule has 4 fully saturated rings. The largest absolute Gasteiger partial charge is 0.466 e. The van der Waals surface area contributed by atoms with Crippen LogP contribution in [0.1, 0.15) is 71.1 Å². The van der Waals surface area contributed by atoms with E-state index in [1.165, 1.54) is 6.42 Å². The highest BCUT2D eigenvalue weighted by molar-refractivity contribution is 5.98. The molecule has 1 saturated carbocycles. The van der Waals surface area contributed by atoms with Gasteiger partial charge in [0.05, 0.1) is 24.5 Å². The lowest BCUT2D eigenvalue weighted by atomic mass is 9.70. The number of hydrogen-bond donors (Lipinski definition) is 1. The van der Waals surface area contributed by atoms with Crippen LogP contribution in [0.4, 0.5) is 0 Å². The second kappa shape index (κ2) is 10.8. The third-order valence-corrected chi connectivity index (χ3v) is 8.27. The van der Waals surface area contributed by atoms with Crippen molar-refractivity contribution < 1.29 is 29.0 Å². The zero-order valence-corrected chi connectivity index (χ0v) is 20.5. The lowest BCUT2D eigenvalue weighted by Crippen LogP contribution is -2.58. The number of amides is 2. The number of unbranched alkanes of at least 4 members (excludes halogenated alkanes) is 2. The van der Waals surface area contributed by atoms with E-state index in [-0.39, 0.29) is 37.2 Å². The maximum absolute atomic E-state index is 14.3. The molecule has 4 rings (SSSR count). The Bertz CT molecular complexity index is 781. The third kappa shape index (κ3) is 4.28. The number of aliphatic hydroxyl groups excluding tert-OH is 1. The SMILES string of the molecule is C=CCN(C(=O)[C@H]1N(CCCCCO)C(=O)[C@@H]2[C@@H](C(=O)OCC)[C@H]3CC[C@]21O3)C1CCCCC1. The number of fused-ring (bicyclic) bond motifs is 1. The highest BCUT2D eigenvalue weighted by atomic mass is 16.6. The summed E-state index contributed by atoms with van der Waals surface area (Å²) in [6.07, 6.45) is 10.0. The van der Waals surface area contributed by atoms with Crippen LogP contribution in [0.3, 0.4) is 0 Å². The van der Waals surface area contributed by atoms with E-state index in [1.54, 1.807) is 17.9 Å². The summed E-state index contributed by atoms with van der Waals surface area (Å²) in [5.41, 5.74) is -0.971. The lowest BCUT2D eigenvalue weighted by Gasteiger charge is -2.40. The van der Waals surface area contributed by atoms with Gasteiger partial charge in [0.25, 0.3) is 0 Å². The first-order chi connectivity index (χ1) is 16.5. The number of rotatable bonds is 11. The van der Waals surface area contributed by atoms with E-state index in [2.05, 4.69) is 6.58 Å². The summed E-state index contributed by atoms with van der Waals surface area (Å²) in [4.78, 5) is 44.6. The van der Waals surface area contributed by atoms with E-state index in [4.69, 9.17) is 14.6 Å². The molecule has 1 aliphatic carbocycles. The molecule has 3 aliphatic heterocycles. The van der Waals surface area contributed by atoms with Gasteiger partial charge in [-0.05, 0) is 51.9 Å². The molecule has 2 amide bonds. The van der Waals surface area contributed by atoms with Gasteiger partial charge >= 0.3 is 5.97 Å². The predicted octanol–water partition coefficient (Wildman–Crippen LogP) is 2.43. The number of likely N-dealkylation sites (tertiary alicyclic amines) is 1. The fraction of sp³-hybridized carbons (Fsp3) is 0.808.